The van der Waals surface area contributed by atoms with Gasteiger partial charge in [0.15, 0.2) is 0 Å². The Kier molecular flexibility index (Phi) is 4.66. The van der Waals surface area contributed by atoms with Gasteiger partial charge < -0.3 is 5.32 Å². The van der Waals surface area contributed by atoms with Crippen LogP contribution in [0.2, 0.25) is 0 Å². The first-order valence-electron chi connectivity index (χ1n) is 7.88. The zero-order chi connectivity index (χ0) is 14.7. The lowest BCUT2D eigenvalue weighted by Crippen LogP contribution is -2.25. The third kappa shape index (κ3) is 3.50. The minimum Gasteiger partial charge on any atom is -0.309 e. The van der Waals surface area contributed by atoms with Crippen molar-refractivity contribution in [1.82, 2.24) is 15.3 Å². The molecule has 0 amide bonds. The predicted octanol–water partition coefficient (Wildman–Crippen LogP) is 4.36. The number of aromatic nitrogens is 2. The zero-order valence-corrected chi connectivity index (χ0v) is 13.6. The average molecular weight is 301 g/mol. The molecular weight excluding hydrogens is 278 g/mol. The largest absolute Gasteiger partial charge is 0.309 e. The van der Waals surface area contributed by atoms with Crippen molar-refractivity contribution in [2.45, 2.75) is 58.0 Å². The Morgan fingerprint density at radius 2 is 2.10 bits per heavy atom. The Labute approximate surface area is 130 Å². The van der Waals surface area contributed by atoms with Gasteiger partial charge in [0.05, 0.1) is 11.4 Å². The summed E-state index contributed by atoms with van der Waals surface area (Å²) in [5.41, 5.74) is 2.21. The number of nitrogens with zero attached hydrogens (tertiary/aromatic N) is 2. The van der Waals surface area contributed by atoms with Gasteiger partial charge in [-0.2, -0.15) is 0 Å². The van der Waals surface area contributed by atoms with Gasteiger partial charge in [0.1, 0.15) is 5.01 Å². The standard InChI is InChI=1S/C17H23N3S/c1-12(2)16-15(11-19-13-7-3-4-8-13)21-17(20-16)14-9-5-6-10-18-14/h5-6,9-10,12-13,19H,3-4,7-8,11H2,1-2H3. The van der Waals surface area contributed by atoms with Crippen molar-refractivity contribution in [1.29, 1.82) is 0 Å². The molecule has 2 heterocycles. The molecule has 0 aliphatic heterocycles. The monoisotopic (exact) mass is 301 g/mol. The minimum absolute atomic E-state index is 0.457. The molecule has 1 saturated carbocycles. The number of hydrogen-bond acceptors (Lipinski definition) is 4. The third-order valence-corrected chi connectivity index (χ3v) is 5.16. The van der Waals surface area contributed by atoms with Gasteiger partial charge in [-0.05, 0) is 30.9 Å². The first-order valence-corrected chi connectivity index (χ1v) is 8.70. The molecule has 2 aromatic heterocycles. The first kappa shape index (κ1) is 14.7. The fourth-order valence-corrected chi connectivity index (χ4v) is 4.05. The molecule has 3 rings (SSSR count). The fourth-order valence-electron chi connectivity index (χ4n) is 2.91. The molecule has 1 aliphatic rings. The van der Waals surface area contributed by atoms with Crippen LogP contribution in [-0.4, -0.2) is 16.0 Å². The Balaban J connectivity index is 1.79. The van der Waals surface area contributed by atoms with Crippen molar-refractivity contribution in [3.8, 4) is 10.7 Å². The van der Waals surface area contributed by atoms with Crippen LogP contribution in [0.3, 0.4) is 0 Å². The third-order valence-electron chi connectivity index (χ3n) is 4.06. The highest BCUT2D eigenvalue weighted by Crippen LogP contribution is 2.31. The maximum Gasteiger partial charge on any atom is 0.142 e. The van der Waals surface area contributed by atoms with E-state index in [1.54, 1.807) is 11.3 Å². The van der Waals surface area contributed by atoms with E-state index >= 15 is 0 Å². The average Bonchev–Trinajstić information content (AvgIpc) is 3.15. The zero-order valence-electron chi connectivity index (χ0n) is 12.8. The van der Waals surface area contributed by atoms with E-state index in [-0.39, 0.29) is 0 Å². The molecule has 21 heavy (non-hydrogen) atoms. The normalized spacial score (nSPS) is 16.0. The summed E-state index contributed by atoms with van der Waals surface area (Å²) < 4.78 is 0. The van der Waals surface area contributed by atoms with Gasteiger partial charge in [-0.3, -0.25) is 4.98 Å². The summed E-state index contributed by atoms with van der Waals surface area (Å²) in [6, 6.07) is 6.71. The molecule has 0 atom stereocenters. The summed E-state index contributed by atoms with van der Waals surface area (Å²) in [5.74, 6) is 0.457. The van der Waals surface area contributed by atoms with Crippen molar-refractivity contribution >= 4 is 11.3 Å². The lowest BCUT2D eigenvalue weighted by atomic mass is 10.1. The number of pyridine rings is 1. The number of rotatable bonds is 5. The van der Waals surface area contributed by atoms with E-state index in [9.17, 15) is 0 Å². The number of thiazole rings is 1. The second-order valence-corrected chi connectivity index (χ2v) is 7.14. The van der Waals surface area contributed by atoms with Gasteiger partial charge in [-0.1, -0.05) is 32.8 Å². The molecule has 0 bridgehead atoms. The van der Waals surface area contributed by atoms with E-state index < -0.39 is 0 Å². The van der Waals surface area contributed by atoms with Gasteiger partial charge in [0.2, 0.25) is 0 Å². The van der Waals surface area contributed by atoms with Crippen LogP contribution in [0.15, 0.2) is 24.4 Å². The topological polar surface area (TPSA) is 37.8 Å². The lowest BCUT2D eigenvalue weighted by molar-refractivity contribution is 0.524. The van der Waals surface area contributed by atoms with Crippen molar-refractivity contribution in [3.05, 3.63) is 35.0 Å². The minimum atomic E-state index is 0.457. The Hall–Kier alpha value is -1.26. The van der Waals surface area contributed by atoms with Crippen molar-refractivity contribution < 1.29 is 0 Å². The number of nitrogens with one attached hydrogen (secondary N) is 1. The summed E-state index contributed by atoms with van der Waals surface area (Å²) in [6.07, 6.45) is 7.22. The van der Waals surface area contributed by atoms with Gasteiger partial charge in [0.25, 0.3) is 0 Å². The lowest BCUT2D eigenvalue weighted by Gasteiger charge is -2.12. The van der Waals surface area contributed by atoms with Gasteiger partial charge >= 0.3 is 0 Å². The predicted molar refractivity (Wildman–Crippen MR) is 88.5 cm³/mol. The molecule has 0 saturated heterocycles. The van der Waals surface area contributed by atoms with E-state index in [4.69, 9.17) is 4.98 Å². The van der Waals surface area contributed by atoms with E-state index in [0.29, 0.717) is 12.0 Å². The summed E-state index contributed by atoms with van der Waals surface area (Å²) in [4.78, 5) is 10.6. The molecular formula is C17H23N3S. The number of hydrogen-bond donors (Lipinski definition) is 1. The van der Waals surface area contributed by atoms with Crippen LogP contribution in [0, 0.1) is 0 Å². The highest BCUT2D eigenvalue weighted by atomic mass is 32.1. The molecule has 1 aliphatic carbocycles. The summed E-state index contributed by atoms with van der Waals surface area (Å²) in [5, 5.41) is 4.75. The molecule has 112 valence electrons. The summed E-state index contributed by atoms with van der Waals surface area (Å²) in [6.45, 7) is 5.38. The van der Waals surface area contributed by atoms with Crippen LogP contribution >= 0.6 is 11.3 Å². The molecule has 0 aromatic carbocycles. The van der Waals surface area contributed by atoms with Gasteiger partial charge in [-0.15, -0.1) is 11.3 Å². The molecule has 4 heteroatoms. The van der Waals surface area contributed by atoms with Gasteiger partial charge in [0, 0.05) is 23.7 Å². The Morgan fingerprint density at radius 1 is 1.29 bits per heavy atom. The molecule has 3 nitrogen and oxygen atoms in total. The van der Waals surface area contributed by atoms with E-state index in [1.165, 1.54) is 36.3 Å². The van der Waals surface area contributed by atoms with Crippen molar-refractivity contribution in [2.75, 3.05) is 0 Å². The molecule has 1 N–H and O–H groups in total. The maximum absolute atomic E-state index is 4.84. The molecule has 0 radical (unpaired) electrons. The molecule has 0 spiro atoms. The fraction of sp³-hybridized carbons (Fsp3) is 0.529. The van der Waals surface area contributed by atoms with Crippen molar-refractivity contribution in [3.63, 3.8) is 0 Å². The second kappa shape index (κ2) is 6.67. The summed E-state index contributed by atoms with van der Waals surface area (Å²) in [7, 11) is 0. The summed E-state index contributed by atoms with van der Waals surface area (Å²) >= 11 is 1.79. The van der Waals surface area contributed by atoms with Crippen LogP contribution in [0.4, 0.5) is 0 Å². The van der Waals surface area contributed by atoms with Crippen LogP contribution < -0.4 is 5.32 Å². The molecule has 2 aromatic rings. The Bertz CT molecular complexity index is 571. The quantitative estimate of drug-likeness (QED) is 0.891. The van der Waals surface area contributed by atoms with Gasteiger partial charge in [-0.25, -0.2) is 4.98 Å². The Morgan fingerprint density at radius 3 is 2.76 bits per heavy atom. The first-order chi connectivity index (χ1) is 10.2. The molecule has 0 unspecified atom stereocenters. The van der Waals surface area contributed by atoms with E-state index in [2.05, 4.69) is 24.1 Å². The maximum atomic E-state index is 4.84. The second-order valence-electron chi connectivity index (χ2n) is 6.06. The van der Waals surface area contributed by atoms with Crippen LogP contribution in [0.25, 0.3) is 10.7 Å². The SMILES string of the molecule is CC(C)c1nc(-c2ccccn2)sc1CNC1CCCC1. The van der Waals surface area contributed by atoms with Crippen molar-refractivity contribution in [2.24, 2.45) is 0 Å². The smallest absolute Gasteiger partial charge is 0.142 e. The molecule has 1 fully saturated rings. The highest BCUT2D eigenvalue weighted by Gasteiger charge is 2.18. The van der Waals surface area contributed by atoms with Crippen LogP contribution in [0.1, 0.15) is 56.0 Å². The van der Waals surface area contributed by atoms with E-state index in [1.807, 2.05) is 24.4 Å². The van der Waals surface area contributed by atoms with E-state index in [0.717, 1.165) is 17.2 Å². The van der Waals surface area contributed by atoms with Crippen LogP contribution in [0.5, 0.6) is 0 Å². The highest BCUT2D eigenvalue weighted by molar-refractivity contribution is 7.15. The van der Waals surface area contributed by atoms with Crippen LogP contribution in [-0.2, 0) is 6.54 Å².